The van der Waals surface area contributed by atoms with E-state index in [1.807, 2.05) is 48.3 Å². The number of aromatic hydroxyl groups is 1. The topological polar surface area (TPSA) is 60.9 Å². The van der Waals surface area contributed by atoms with Gasteiger partial charge in [-0.1, -0.05) is 63.2 Å². The van der Waals surface area contributed by atoms with E-state index < -0.39 is 0 Å². The fourth-order valence-electron chi connectivity index (χ4n) is 7.23. The minimum Gasteiger partial charge on any atom is -0.508 e. The Morgan fingerprint density at radius 1 is 1.00 bits per heavy atom. The molecule has 2 atom stereocenters. The summed E-state index contributed by atoms with van der Waals surface area (Å²) in [5, 5.41) is 10.7. The Labute approximate surface area is 215 Å². The Hall–Kier alpha value is -2.82. The molecule has 192 valence electrons. The van der Waals surface area contributed by atoms with Gasteiger partial charge >= 0.3 is 0 Å². The van der Waals surface area contributed by atoms with Crippen molar-refractivity contribution in [2.45, 2.75) is 83.2 Å². The number of fused-ring (bicyclic) bond motifs is 4. The molecule has 2 fully saturated rings. The first-order valence-corrected chi connectivity index (χ1v) is 13.5. The average Bonchev–Trinajstić information content (AvgIpc) is 2.86. The van der Waals surface area contributed by atoms with Crippen molar-refractivity contribution >= 4 is 11.8 Å². The molecule has 2 bridgehead atoms. The molecule has 0 aromatic heterocycles. The Morgan fingerprint density at radius 3 is 2.39 bits per heavy atom. The first-order valence-electron chi connectivity index (χ1n) is 13.5. The van der Waals surface area contributed by atoms with Crippen LogP contribution in [0.25, 0.3) is 0 Å². The largest absolute Gasteiger partial charge is 0.508 e. The smallest absolute Gasteiger partial charge is 0.226 e. The molecule has 36 heavy (non-hydrogen) atoms. The summed E-state index contributed by atoms with van der Waals surface area (Å²) in [6.07, 6.45) is 5.44. The Morgan fingerprint density at radius 2 is 1.69 bits per heavy atom. The third-order valence-electron chi connectivity index (χ3n) is 10.1. The fraction of sp³-hybridized carbons (Fsp3) is 0.548. The molecule has 2 amide bonds. The van der Waals surface area contributed by atoms with Gasteiger partial charge in [-0.3, -0.25) is 9.59 Å². The van der Waals surface area contributed by atoms with E-state index in [4.69, 9.17) is 0 Å². The lowest BCUT2D eigenvalue weighted by Crippen LogP contribution is -2.65. The van der Waals surface area contributed by atoms with Crippen LogP contribution < -0.4 is 0 Å². The molecule has 1 aliphatic heterocycles. The number of phenols is 1. The summed E-state index contributed by atoms with van der Waals surface area (Å²) >= 11 is 0. The normalized spacial score (nSPS) is 28.8. The van der Waals surface area contributed by atoms with Crippen molar-refractivity contribution in [1.82, 2.24) is 9.80 Å². The lowest BCUT2D eigenvalue weighted by Gasteiger charge is -2.61. The molecule has 1 saturated heterocycles. The minimum absolute atomic E-state index is 0.0183. The average molecular weight is 489 g/mol. The minimum atomic E-state index is -0.0804. The molecule has 0 radical (unpaired) electrons. The van der Waals surface area contributed by atoms with E-state index in [0.717, 1.165) is 49.8 Å². The van der Waals surface area contributed by atoms with E-state index in [1.165, 1.54) is 5.56 Å². The standard InChI is InChI=1S/C31H40N2O3/c1-30(2)27-20-24-25(11-8-12-26(24)34)31(30,3)17-18-33(27)29(36)22-13-15-23(16-14-22)32(4)28(35)19-21-9-6-5-7-10-21/h5-12,22-23,27,34H,13-20H2,1-4H3/t22-,23+,27-,31+/m1/s1. The van der Waals surface area contributed by atoms with Gasteiger partial charge in [0.2, 0.25) is 11.8 Å². The predicted molar refractivity (Wildman–Crippen MR) is 142 cm³/mol. The number of likely N-dealkylation sites (tertiary alicyclic amines) is 1. The van der Waals surface area contributed by atoms with Gasteiger partial charge in [0.1, 0.15) is 5.75 Å². The van der Waals surface area contributed by atoms with Crippen LogP contribution in [0, 0.1) is 11.3 Å². The summed E-state index contributed by atoms with van der Waals surface area (Å²) in [6, 6.07) is 16.1. The van der Waals surface area contributed by atoms with Crippen molar-refractivity contribution in [1.29, 1.82) is 0 Å². The van der Waals surface area contributed by atoms with Crippen molar-refractivity contribution in [2.24, 2.45) is 11.3 Å². The van der Waals surface area contributed by atoms with Gasteiger partial charge in [0.15, 0.2) is 0 Å². The van der Waals surface area contributed by atoms with Crippen molar-refractivity contribution in [3.8, 4) is 5.75 Å². The number of hydrogen-bond acceptors (Lipinski definition) is 3. The van der Waals surface area contributed by atoms with E-state index in [1.54, 1.807) is 6.07 Å². The highest BCUT2D eigenvalue weighted by molar-refractivity contribution is 5.80. The van der Waals surface area contributed by atoms with E-state index in [9.17, 15) is 14.7 Å². The van der Waals surface area contributed by atoms with E-state index in [0.29, 0.717) is 18.6 Å². The van der Waals surface area contributed by atoms with Crippen LogP contribution in [0.15, 0.2) is 48.5 Å². The van der Waals surface area contributed by atoms with E-state index >= 15 is 0 Å². The second kappa shape index (κ2) is 9.24. The Balaban J connectivity index is 1.25. The van der Waals surface area contributed by atoms with Crippen molar-refractivity contribution in [3.63, 3.8) is 0 Å². The van der Waals surface area contributed by atoms with Gasteiger partial charge in [0.05, 0.1) is 6.42 Å². The number of benzene rings is 2. The molecule has 3 aliphatic rings. The van der Waals surface area contributed by atoms with Gasteiger partial charge in [-0.05, 0) is 66.7 Å². The monoisotopic (exact) mass is 488 g/mol. The molecule has 2 aromatic carbocycles. The van der Waals surface area contributed by atoms with Crippen LogP contribution >= 0.6 is 0 Å². The third kappa shape index (κ3) is 4.01. The maximum absolute atomic E-state index is 13.9. The van der Waals surface area contributed by atoms with Crippen LogP contribution in [0.5, 0.6) is 5.75 Å². The van der Waals surface area contributed by atoms with Gasteiger partial charge in [-0.2, -0.15) is 0 Å². The Kier molecular flexibility index (Phi) is 6.38. The number of amides is 2. The van der Waals surface area contributed by atoms with E-state index in [2.05, 4.69) is 31.7 Å². The summed E-state index contributed by atoms with van der Waals surface area (Å²) in [6.45, 7) is 7.68. The maximum atomic E-state index is 13.9. The number of likely N-dealkylation sites (N-methyl/N-ethyl adjacent to an activating group) is 1. The highest BCUT2D eigenvalue weighted by atomic mass is 16.3. The summed E-state index contributed by atoms with van der Waals surface area (Å²) in [5.74, 6) is 0.793. The highest BCUT2D eigenvalue weighted by Crippen LogP contribution is 2.57. The molecular formula is C31H40N2O3. The third-order valence-corrected chi connectivity index (χ3v) is 10.1. The van der Waals surface area contributed by atoms with Gasteiger partial charge in [0.25, 0.3) is 0 Å². The van der Waals surface area contributed by atoms with Crippen molar-refractivity contribution in [2.75, 3.05) is 13.6 Å². The summed E-state index contributed by atoms with van der Waals surface area (Å²) in [5.41, 5.74) is 3.16. The summed E-state index contributed by atoms with van der Waals surface area (Å²) in [4.78, 5) is 30.8. The molecule has 0 spiro atoms. The highest BCUT2D eigenvalue weighted by Gasteiger charge is 2.57. The van der Waals surface area contributed by atoms with Crippen LogP contribution in [-0.2, 0) is 27.8 Å². The molecule has 1 N–H and O–H groups in total. The predicted octanol–water partition coefficient (Wildman–Crippen LogP) is 5.09. The molecule has 1 saturated carbocycles. The van der Waals surface area contributed by atoms with Crippen LogP contribution in [0.2, 0.25) is 0 Å². The number of carbonyl (C=O) groups is 2. The zero-order valence-corrected chi connectivity index (χ0v) is 22.2. The molecule has 5 rings (SSSR count). The quantitative estimate of drug-likeness (QED) is 0.652. The number of hydrogen-bond donors (Lipinski definition) is 1. The SMILES string of the molecule is CN(C(=O)Cc1ccccc1)[C@H]1CC[C@@H](C(=O)N2CC[C@@]3(C)c4cccc(O)c4C[C@@H]2C3(C)C)CC1. The van der Waals surface area contributed by atoms with E-state index in [-0.39, 0.29) is 40.6 Å². The molecule has 2 aromatic rings. The Bertz CT molecular complexity index is 1140. The lowest BCUT2D eigenvalue weighted by atomic mass is 9.51. The molecule has 1 heterocycles. The zero-order valence-electron chi connectivity index (χ0n) is 22.2. The second-order valence-corrected chi connectivity index (χ2v) is 12.0. The van der Waals surface area contributed by atoms with Crippen LogP contribution in [0.1, 0.15) is 69.6 Å². The number of carbonyl (C=O) groups excluding carboxylic acids is 2. The van der Waals surface area contributed by atoms with Crippen molar-refractivity contribution < 1.29 is 14.7 Å². The van der Waals surface area contributed by atoms with Crippen LogP contribution in [-0.4, -0.2) is 52.4 Å². The van der Waals surface area contributed by atoms with Crippen LogP contribution in [0.4, 0.5) is 0 Å². The number of phenolic OH excluding ortho intramolecular Hbond substituents is 1. The first-order chi connectivity index (χ1) is 17.1. The van der Waals surface area contributed by atoms with Gasteiger partial charge in [-0.25, -0.2) is 0 Å². The number of piperidine rings is 1. The summed E-state index contributed by atoms with van der Waals surface area (Å²) in [7, 11) is 1.91. The maximum Gasteiger partial charge on any atom is 0.226 e. The number of rotatable bonds is 4. The molecular weight excluding hydrogens is 448 g/mol. The number of nitrogens with zero attached hydrogens (tertiary/aromatic N) is 2. The second-order valence-electron chi connectivity index (χ2n) is 12.0. The lowest BCUT2D eigenvalue weighted by molar-refractivity contribution is -0.149. The van der Waals surface area contributed by atoms with Gasteiger partial charge in [-0.15, -0.1) is 0 Å². The van der Waals surface area contributed by atoms with Crippen LogP contribution in [0.3, 0.4) is 0 Å². The fourth-order valence-corrected chi connectivity index (χ4v) is 7.23. The summed E-state index contributed by atoms with van der Waals surface area (Å²) < 4.78 is 0. The van der Waals surface area contributed by atoms with Gasteiger partial charge in [0, 0.05) is 37.0 Å². The zero-order chi connectivity index (χ0) is 25.7. The van der Waals surface area contributed by atoms with Crippen molar-refractivity contribution in [3.05, 3.63) is 65.2 Å². The van der Waals surface area contributed by atoms with Gasteiger partial charge < -0.3 is 14.9 Å². The molecule has 0 unspecified atom stereocenters. The molecule has 5 nitrogen and oxygen atoms in total. The first kappa shape index (κ1) is 24.9. The molecule has 5 heteroatoms. The molecule has 2 aliphatic carbocycles.